The number of fused-ring (bicyclic) bond motifs is 1. The smallest absolute Gasteiger partial charge is 0.260 e. The van der Waals surface area contributed by atoms with Gasteiger partial charge >= 0.3 is 0 Å². The average molecular weight is 363 g/mol. The Morgan fingerprint density at radius 2 is 2.33 bits per heavy atom. The summed E-state index contributed by atoms with van der Waals surface area (Å²) in [6, 6.07) is 7.08. The Morgan fingerprint density at radius 1 is 1.50 bits per heavy atom. The van der Waals surface area contributed by atoms with Crippen molar-refractivity contribution < 1.29 is 14.3 Å². The van der Waals surface area contributed by atoms with E-state index in [1.165, 1.54) is 29.7 Å². The molecule has 0 saturated carbocycles. The summed E-state index contributed by atoms with van der Waals surface area (Å²) in [6.45, 7) is 1.18. The van der Waals surface area contributed by atoms with E-state index in [9.17, 15) is 4.79 Å². The first-order chi connectivity index (χ1) is 11.6. The lowest BCUT2D eigenvalue weighted by atomic mass is 10.1. The molecular weight excluding hydrogens is 348 g/mol. The summed E-state index contributed by atoms with van der Waals surface area (Å²) in [4.78, 5) is 15.5. The number of benzene rings is 1. The third kappa shape index (κ3) is 3.32. The maximum absolute atomic E-state index is 12.4. The van der Waals surface area contributed by atoms with Gasteiger partial charge in [0.05, 0.1) is 23.8 Å². The monoisotopic (exact) mass is 362 g/mol. The van der Waals surface area contributed by atoms with Gasteiger partial charge in [-0.05, 0) is 29.5 Å². The maximum atomic E-state index is 12.4. The predicted molar refractivity (Wildman–Crippen MR) is 91.7 cm³/mol. The van der Waals surface area contributed by atoms with Crippen LogP contribution in [0.5, 0.6) is 11.5 Å². The minimum atomic E-state index is -0.124. The Morgan fingerprint density at radius 3 is 3.08 bits per heavy atom. The summed E-state index contributed by atoms with van der Waals surface area (Å²) in [7, 11) is 1.46. The molecule has 7 heteroatoms. The number of hydrogen-bond donors (Lipinski definition) is 0. The second-order valence-electron chi connectivity index (χ2n) is 5.32. The summed E-state index contributed by atoms with van der Waals surface area (Å²) in [5.74, 6) is 0.514. The molecule has 0 N–H and O–H groups in total. The lowest BCUT2D eigenvalue weighted by molar-refractivity contribution is -0.134. The summed E-state index contributed by atoms with van der Waals surface area (Å²) in [5.41, 5.74) is 1.57. The van der Waals surface area contributed by atoms with E-state index in [1.54, 1.807) is 16.2 Å². The van der Waals surface area contributed by atoms with Crippen LogP contribution in [0.15, 0.2) is 23.6 Å². The van der Waals surface area contributed by atoms with E-state index < -0.39 is 0 Å². The van der Waals surface area contributed by atoms with Gasteiger partial charge in [-0.1, -0.05) is 11.6 Å². The van der Waals surface area contributed by atoms with Crippen molar-refractivity contribution in [2.24, 2.45) is 0 Å². The third-order valence-corrected chi connectivity index (χ3v) is 5.16. The van der Waals surface area contributed by atoms with Crippen LogP contribution in [0.25, 0.3) is 0 Å². The van der Waals surface area contributed by atoms with E-state index in [1.807, 2.05) is 6.07 Å². The molecular formula is C17H15ClN2O3S. The summed E-state index contributed by atoms with van der Waals surface area (Å²) in [5, 5.41) is 11.3. The van der Waals surface area contributed by atoms with Crippen molar-refractivity contribution in [3.8, 4) is 17.6 Å². The average Bonchev–Trinajstić information content (AvgIpc) is 3.07. The molecule has 1 amide bonds. The Labute approximate surface area is 149 Å². The van der Waals surface area contributed by atoms with Gasteiger partial charge in [0, 0.05) is 24.0 Å². The summed E-state index contributed by atoms with van der Waals surface area (Å²) < 4.78 is 10.8. The van der Waals surface area contributed by atoms with E-state index in [4.69, 9.17) is 26.3 Å². The number of carbonyl (C=O) groups is 1. The van der Waals surface area contributed by atoms with Crippen molar-refractivity contribution in [3.05, 3.63) is 44.6 Å². The van der Waals surface area contributed by atoms with Crippen LogP contribution in [0.2, 0.25) is 5.02 Å². The number of methoxy groups -OCH3 is 1. The molecule has 0 spiro atoms. The van der Waals surface area contributed by atoms with Crippen LogP contribution in [0.3, 0.4) is 0 Å². The van der Waals surface area contributed by atoms with Crippen molar-refractivity contribution in [1.82, 2.24) is 4.90 Å². The van der Waals surface area contributed by atoms with Crippen LogP contribution in [-0.4, -0.2) is 31.1 Å². The number of thiophene rings is 1. The van der Waals surface area contributed by atoms with Crippen LogP contribution in [0.4, 0.5) is 0 Å². The van der Waals surface area contributed by atoms with Crippen molar-refractivity contribution in [1.29, 1.82) is 5.26 Å². The zero-order valence-electron chi connectivity index (χ0n) is 13.0. The van der Waals surface area contributed by atoms with E-state index in [2.05, 4.69) is 11.4 Å². The fourth-order valence-corrected chi connectivity index (χ4v) is 3.77. The van der Waals surface area contributed by atoms with E-state index in [-0.39, 0.29) is 23.3 Å². The van der Waals surface area contributed by atoms with Crippen LogP contribution in [-0.2, 0) is 17.8 Å². The molecule has 2 heterocycles. The highest BCUT2D eigenvalue weighted by Gasteiger charge is 2.22. The fourth-order valence-electron chi connectivity index (χ4n) is 2.61. The van der Waals surface area contributed by atoms with Gasteiger partial charge in [0.15, 0.2) is 18.1 Å². The lowest BCUT2D eigenvalue weighted by Crippen LogP contribution is -2.38. The summed E-state index contributed by atoms with van der Waals surface area (Å²) in [6.07, 6.45) is 0.875. The number of rotatable bonds is 4. The number of halogens is 1. The molecule has 3 rings (SSSR count). The highest BCUT2D eigenvalue weighted by atomic mass is 35.5. The molecule has 1 aromatic heterocycles. The minimum absolute atomic E-state index is 0.102. The van der Waals surface area contributed by atoms with Crippen molar-refractivity contribution in [2.45, 2.75) is 13.0 Å². The van der Waals surface area contributed by atoms with Crippen LogP contribution in [0, 0.1) is 11.3 Å². The first-order valence-electron chi connectivity index (χ1n) is 7.36. The third-order valence-electron chi connectivity index (χ3n) is 3.86. The van der Waals surface area contributed by atoms with Gasteiger partial charge in [0.25, 0.3) is 5.91 Å². The molecule has 124 valence electrons. The van der Waals surface area contributed by atoms with Gasteiger partial charge in [0.1, 0.15) is 0 Å². The van der Waals surface area contributed by atoms with E-state index in [0.29, 0.717) is 24.4 Å². The standard InChI is InChI=1S/C17H15ClN2O3S/c1-22-14-7-11(8-19)6-13(18)17(14)23-10-16(21)20-4-2-15-12(9-20)3-5-24-15/h3,5-7H,2,4,9-10H2,1H3. The van der Waals surface area contributed by atoms with Gasteiger partial charge in [-0.2, -0.15) is 5.26 Å². The molecule has 1 aliphatic rings. The molecule has 1 aliphatic heterocycles. The number of carbonyl (C=O) groups excluding carboxylic acids is 1. The highest BCUT2D eigenvalue weighted by molar-refractivity contribution is 7.10. The zero-order chi connectivity index (χ0) is 17.1. The van der Waals surface area contributed by atoms with Crippen LogP contribution in [0.1, 0.15) is 16.0 Å². The number of nitriles is 1. The Bertz CT molecular complexity index is 813. The zero-order valence-corrected chi connectivity index (χ0v) is 14.6. The van der Waals surface area contributed by atoms with E-state index >= 15 is 0 Å². The number of amides is 1. The molecule has 0 atom stereocenters. The minimum Gasteiger partial charge on any atom is -0.493 e. The molecule has 0 fully saturated rings. The largest absolute Gasteiger partial charge is 0.493 e. The molecule has 0 radical (unpaired) electrons. The van der Waals surface area contributed by atoms with Crippen LogP contribution < -0.4 is 9.47 Å². The van der Waals surface area contributed by atoms with Crippen molar-refractivity contribution in [3.63, 3.8) is 0 Å². The van der Waals surface area contributed by atoms with Crippen LogP contribution >= 0.6 is 22.9 Å². The molecule has 1 aromatic carbocycles. The SMILES string of the molecule is COc1cc(C#N)cc(Cl)c1OCC(=O)N1CCc2sccc2C1. The highest BCUT2D eigenvalue weighted by Crippen LogP contribution is 2.36. The molecule has 5 nitrogen and oxygen atoms in total. The second-order valence-corrected chi connectivity index (χ2v) is 6.73. The lowest BCUT2D eigenvalue weighted by Gasteiger charge is -2.27. The van der Waals surface area contributed by atoms with Gasteiger partial charge in [-0.25, -0.2) is 0 Å². The second kappa shape index (κ2) is 7.12. The van der Waals surface area contributed by atoms with Gasteiger partial charge < -0.3 is 14.4 Å². The van der Waals surface area contributed by atoms with Gasteiger partial charge in [-0.3, -0.25) is 4.79 Å². The molecule has 0 aliphatic carbocycles. The van der Waals surface area contributed by atoms with Gasteiger partial charge in [0.2, 0.25) is 0 Å². The number of hydrogen-bond acceptors (Lipinski definition) is 5. The van der Waals surface area contributed by atoms with Crippen molar-refractivity contribution in [2.75, 3.05) is 20.3 Å². The molecule has 24 heavy (non-hydrogen) atoms. The maximum Gasteiger partial charge on any atom is 0.260 e. The Kier molecular flexibility index (Phi) is 4.93. The van der Waals surface area contributed by atoms with Gasteiger partial charge in [-0.15, -0.1) is 11.3 Å². The Hall–Kier alpha value is -2.23. The van der Waals surface area contributed by atoms with E-state index in [0.717, 1.165) is 6.42 Å². The Balaban J connectivity index is 1.68. The number of ether oxygens (including phenoxy) is 2. The topological polar surface area (TPSA) is 62.6 Å². The quantitative estimate of drug-likeness (QED) is 0.837. The molecule has 0 unspecified atom stereocenters. The molecule has 0 bridgehead atoms. The predicted octanol–water partition coefficient (Wildman–Crippen LogP) is 3.25. The molecule has 2 aromatic rings. The summed E-state index contributed by atoms with van der Waals surface area (Å²) >= 11 is 7.86. The fraction of sp³-hybridized carbons (Fsp3) is 0.294. The first kappa shape index (κ1) is 16.6. The molecule has 0 saturated heterocycles. The normalized spacial score (nSPS) is 13.1. The first-order valence-corrected chi connectivity index (χ1v) is 8.61. The number of nitrogens with zero attached hydrogens (tertiary/aromatic N) is 2. The van der Waals surface area contributed by atoms with Crippen molar-refractivity contribution >= 4 is 28.8 Å².